The molecule has 1 aliphatic heterocycles. The molecule has 0 aliphatic carbocycles. The first-order valence-electron chi connectivity index (χ1n) is 10.8. The van der Waals surface area contributed by atoms with Crippen molar-refractivity contribution in [2.75, 3.05) is 24.5 Å². The number of aromatic nitrogens is 3. The van der Waals surface area contributed by atoms with Crippen LogP contribution in [0.4, 0.5) is 18.9 Å². The third-order valence-corrected chi connectivity index (χ3v) is 6.91. The van der Waals surface area contributed by atoms with Gasteiger partial charge in [0.25, 0.3) is 5.91 Å². The first-order valence-corrected chi connectivity index (χ1v) is 11.7. The van der Waals surface area contributed by atoms with Crippen molar-refractivity contribution in [1.29, 1.82) is 0 Å². The predicted molar refractivity (Wildman–Crippen MR) is 125 cm³/mol. The molecule has 1 unspecified atom stereocenters. The molecule has 1 fully saturated rings. The molecule has 0 saturated carbocycles. The number of hydrogen-bond donors (Lipinski definition) is 0. The van der Waals surface area contributed by atoms with Crippen molar-refractivity contribution < 1.29 is 18.0 Å². The molecule has 176 valence electrons. The molecule has 6 nitrogen and oxygen atoms in total. The molecule has 1 aromatic carbocycles. The molecular weight excluding hydrogens is 463 g/mol. The maximum absolute atomic E-state index is 13.8. The quantitative estimate of drug-likeness (QED) is 0.404. The number of carbonyl (C=O) groups is 1. The molecule has 0 spiro atoms. The SMILES string of the molecule is Cc1cccc(N2CCN(C(=O)c3cnn4c(C(F)(F)F)cc(-c5cccs5)nc34)CC2C)c1. The largest absolute Gasteiger partial charge is 0.433 e. The highest BCUT2D eigenvalue weighted by Crippen LogP contribution is 2.34. The van der Waals surface area contributed by atoms with E-state index >= 15 is 0 Å². The minimum atomic E-state index is -4.65. The number of amides is 1. The molecule has 4 aromatic rings. The smallest absolute Gasteiger partial charge is 0.365 e. The van der Waals surface area contributed by atoms with Crippen molar-refractivity contribution in [3.05, 3.63) is 70.9 Å². The third kappa shape index (κ3) is 4.02. The molecule has 1 saturated heterocycles. The van der Waals surface area contributed by atoms with Crippen LogP contribution in [0, 0.1) is 6.92 Å². The molecule has 5 rings (SSSR count). The van der Waals surface area contributed by atoms with Crippen LogP contribution >= 0.6 is 11.3 Å². The monoisotopic (exact) mass is 485 g/mol. The van der Waals surface area contributed by atoms with Crippen LogP contribution in [0.5, 0.6) is 0 Å². The fraction of sp³-hybridized carbons (Fsp3) is 0.292. The second-order valence-corrected chi connectivity index (χ2v) is 9.38. The van der Waals surface area contributed by atoms with E-state index < -0.39 is 11.9 Å². The van der Waals surface area contributed by atoms with Crippen LogP contribution in [0.2, 0.25) is 0 Å². The molecule has 0 radical (unpaired) electrons. The highest BCUT2D eigenvalue weighted by Gasteiger charge is 2.37. The first-order chi connectivity index (χ1) is 16.2. The Bertz CT molecular complexity index is 1350. The second-order valence-electron chi connectivity index (χ2n) is 8.43. The Morgan fingerprint density at radius 1 is 1.15 bits per heavy atom. The zero-order chi connectivity index (χ0) is 24.0. The molecule has 3 aromatic heterocycles. The van der Waals surface area contributed by atoms with E-state index in [4.69, 9.17) is 0 Å². The maximum Gasteiger partial charge on any atom is 0.433 e. The standard InChI is InChI=1S/C24H22F3N5OS/c1-15-5-3-6-17(11-15)31-9-8-30(14-16(31)2)23(33)18-13-28-32-21(24(25,26)27)12-19(29-22(18)32)20-7-4-10-34-20/h3-7,10-13,16H,8-9,14H2,1-2H3. The van der Waals surface area contributed by atoms with Crippen LogP contribution < -0.4 is 4.90 Å². The van der Waals surface area contributed by atoms with E-state index in [2.05, 4.69) is 21.0 Å². The lowest BCUT2D eigenvalue weighted by molar-refractivity contribution is -0.142. The number of piperazine rings is 1. The van der Waals surface area contributed by atoms with Crippen LogP contribution in [0.15, 0.2) is 54.0 Å². The molecule has 4 heterocycles. The molecule has 1 aliphatic rings. The lowest BCUT2D eigenvalue weighted by Gasteiger charge is -2.41. The van der Waals surface area contributed by atoms with E-state index in [9.17, 15) is 18.0 Å². The number of thiophene rings is 1. The average molecular weight is 486 g/mol. The zero-order valence-electron chi connectivity index (χ0n) is 18.6. The minimum Gasteiger partial charge on any atom is -0.365 e. The van der Waals surface area contributed by atoms with Crippen LogP contribution in [-0.2, 0) is 6.18 Å². The van der Waals surface area contributed by atoms with Gasteiger partial charge in [-0.2, -0.15) is 18.3 Å². The summed E-state index contributed by atoms with van der Waals surface area (Å²) < 4.78 is 42.1. The van der Waals surface area contributed by atoms with Gasteiger partial charge in [-0.15, -0.1) is 11.3 Å². The average Bonchev–Trinajstić information content (AvgIpc) is 3.47. The number of halogens is 3. The van der Waals surface area contributed by atoms with E-state index in [1.54, 1.807) is 22.4 Å². The molecule has 34 heavy (non-hydrogen) atoms. The summed E-state index contributed by atoms with van der Waals surface area (Å²) >= 11 is 1.29. The Morgan fingerprint density at radius 2 is 1.97 bits per heavy atom. The summed E-state index contributed by atoms with van der Waals surface area (Å²) in [7, 11) is 0. The molecule has 1 atom stereocenters. The van der Waals surface area contributed by atoms with Gasteiger partial charge in [-0.1, -0.05) is 18.2 Å². The van der Waals surface area contributed by atoms with Crippen LogP contribution in [0.25, 0.3) is 16.2 Å². The number of hydrogen-bond acceptors (Lipinski definition) is 5. The molecule has 10 heteroatoms. The van der Waals surface area contributed by atoms with Crippen molar-refractivity contribution in [3.8, 4) is 10.6 Å². The van der Waals surface area contributed by atoms with Crippen LogP contribution in [0.1, 0.15) is 28.5 Å². The van der Waals surface area contributed by atoms with Gasteiger partial charge in [0.15, 0.2) is 11.3 Å². The van der Waals surface area contributed by atoms with Gasteiger partial charge in [-0.25, -0.2) is 9.50 Å². The van der Waals surface area contributed by atoms with E-state index in [1.165, 1.54) is 17.5 Å². The number of alkyl halides is 3. The van der Waals surface area contributed by atoms with Gasteiger partial charge >= 0.3 is 6.18 Å². The summed E-state index contributed by atoms with van der Waals surface area (Å²) in [6.07, 6.45) is -3.46. The summed E-state index contributed by atoms with van der Waals surface area (Å²) in [5.41, 5.74) is 1.44. The van der Waals surface area contributed by atoms with Gasteiger partial charge in [0, 0.05) is 31.4 Å². The van der Waals surface area contributed by atoms with E-state index in [0.29, 0.717) is 24.5 Å². The summed E-state index contributed by atoms with van der Waals surface area (Å²) in [5, 5.41) is 5.66. The van der Waals surface area contributed by atoms with Crippen molar-refractivity contribution in [2.24, 2.45) is 0 Å². The number of rotatable bonds is 3. The Kier molecular flexibility index (Phi) is 5.55. The lowest BCUT2D eigenvalue weighted by Crippen LogP contribution is -2.53. The van der Waals surface area contributed by atoms with Crippen LogP contribution in [0.3, 0.4) is 0 Å². The number of benzene rings is 1. The number of fused-ring (bicyclic) bond motifs is 1. The Labute approximate surface area is 198 Å². The number of carbonyl (C=O) groups excluding carboxylic acids is 1. The van der Waals surface area contributed by atoms with Gasteiger partial charge in [0.05, 0.1) is 16.8 Å². The topological polar surface area (TPSA) is 53.7 Å². The third-order valence-electron chi connectivity index (χ3n) is 6.01. The lowest BCUT2D eigenvalue weighted by atomic mass is 10.1. The number of aryl methyl sites for hydroxylation is 1. The molecule has 0 N–H and O–H groups in total. The summed E-state index contributed by atoms with van der Waals surface area (Å²) in [5.74, 6) is -0.366. The second kappa shape index (κ2) is 8.43. The highest BCUT2D eigenvalue weighted by atomic mass is 32.1. The van der Waals surface area contributed by atoms with Gasteiger partial charge < -0.3 is 9.80 Å². The number of anilines is 1. The van der Waals surface area contributed by atoms with Crippen molar-refractivity contribution in [3.63, 3.8) is 0 Å². The fourth-order valence-electron chi connectivity index (χ4n) is 4.37. The maximum atomic E-state index is 13.8. The molecule has 0 bridgehead atoms. The van der Waals surface area contributed by atoms with Crippen molar-refractivity contribution in [2.45, 2.75) is 26.1 Å². The Morgan fingerprint density at radius 3 is 2.65 bits per heavy atom. The van der Waals surface area contributed by atoms with Gasteiger partial charge in [0.1, 0.15) is 5.56 Å². The first kappa shape index (κ1) is 22.4. The highest BCUT2D eigenvalue weighted by molar-refractivity contribution is 7.13. The fourth-order valence-corrected chi connectivity index (χ4v) is 5.06. The number of nitrogens with zero attached hydrogens (tertiary/aromatic N) is 5. The van der Waals surface area contributed by atoms with Crippen LogP contribution in [-0.4, -0.2) is 51.1 Å². The Hall–Kier alpha value is -3.40. The van der Waals surface area contributed by atoms with E-state index in [0.717, 1.165) is 21.8 Å². The predicted octanol–water partition coefficient (Wildman–Crippen LogP) is 5.14. The van der Waals surface area contributed by atoms with Crippen molar-refractivity contribution in [1.82, 2.24) is 19.5 Å². The van der Waals surface area contributed by atoms with Gasteiger partial charge in [-0.05, 0) is 49.1 Å². The normalized spacial score (nSPS) is 16.9. The minimum absolute atomic E-state index is 0.0433. The van der Waals surface area contributed by atoms with Crippen molar-refractivity contribution >= 4 is 28.6 Å². The summed E-state index contributed by atoms with van der Waals surface area (Å²) in [6.45, 7) is 5.59. The molecular formula is C24H22F3N5OS. The Balaban J connectivity index is 1.48. The summed E-state index contributed by atoms with van der Waals surface area (Å²) in [6, 6.07) is 12.7. The van der Waals surface area contributed by atoms with Gasteiger partial charge in [0.2, 0.25) is 0 Å². The zero-order valence-corrected chi connectivity index (χ0v) is 19.4. The van der Waals surface area contributed by atoms with Gasteiger partial charge in [-0.3, -0.25) is 4.79 Å². The summed E-state index contributed by atoms with van der Waals surface area (Å²) in [4.78, 5) is 22.3. The van der Waals surface area contributed by atoms with E-state index in [-0.39, 0.29) is 28.9 Å². The van der Waals surface area contributed by atoms with E-state index in [1.807, 2.05) is 32.0 Å². The molecule has 1 amide bonds.